The third-order valence-corrected chi connectivity index (χ3v) is 2.68. The lowest BCUT2D eigenvalue weighted by Gasteiger charge is -2.34. The molecular formula is C8H20INO3. The van der Waals surface area contributed by atoms with Crippen LogP contribution in [0.1, 0.15) is 27.7 Å². The van der Waals surface area contributed by atoms with E-state index in [4.69, 9.17) is 10.3 Å². The van der Waals surface area contributed by atoms with Crippen LogP contribution in [-0.4, -0.2) is 30.7 Å². The zero-order valence-electron chi connectivity index (χ0n) is 8.88. The van der Waals surface area contributed by atoms with Gasteiger partial charge in [0.2, 0.25) is 0 Å². The van der Waals surface area contributed by atoms with Gasteiger partial charge in [0, 0.05) is 0 Å². The Morgan fingerprint density at radius 1 is 0.769 bits per heavy atom. The number of halogens is 1. The molecule has 82 valence electrons. The van der Waals surface area contributed by atoms with Crippen LogP contribution in [0.5, 0.6) is 0 Å². The second-order valence-corrected chi connectivity index (χ2v) is 3.87. The van der Waals surface area contributed by atoms with E-state index in [0.717, 1.165) is 0 Å². The molecule has 0 N–H and O–H groups in total. The molecule has 0 saturated heterocycles. The monoisotopic (exact) mass is 305 g/mol. The lowest BCUT2D eigenvalue weighted by molar-refractivity contribution is -1.73. The predicted octanol–water partition coefficient (Wildman–Crippen LogP) is -4.68. The molecule has 0 amide bonds. The molecule has 0 aliphatic carbocycles. The molecule has 0 rings (SSSR count). The van der Waals surface area contributed by atoms with Crippen LogP contribution in [-0.2, 0) is 0 Å². The molecule has 0 aliphatic heterocycles. The normalized spacial score (nSPS) is 11.1. The van der Waals surface area contributed by atoms with Crippen molar-refractivity contribution >= 4 is 0 Å². The molecule has 0 aliphatic rings. The van der Waals surface area contributed by atoms with Crippen molar-refractivity contribution in [1.29, 1.82) is 0 Å². The molecule has 5 heteroatoms. The highest BCUT2D eigenvalue weighted by atomic mass is 127. The number of quaternary nitrogens is 1. The van der Waals surface area contributed by atoms with E-state index in [-0.39, 0.29) is 0 Å². The molecular weight excluding hydrogens is 285 g/mol. The predicted molar refractivity (Wildman–Crippen MR) is 42.4 cm³/mol. The van der Waals surface area contributed by atoms with Crippen molar-refractivity contribution in [2.45, 2.75) is 27.7 Å². The van der Waals surface area contributed by atoms with E-state index >= 15 is 0 Å². The summed E-state index contributed by atoms with van der Waals surface area (Å²) >= 11 is -4.01. The molecule has 0 aromatic rings. The lowest BCUT2D eigenvalue weighted by Crippen LogP contribution is -4.05. The van der Waals surface area contributed by atoms with Crippen molar-refractivity contribution in [3.63, 3.8) is 0 Å². The van der Waals surface area contributed by atoms with Crippen molar-refractivity contribution in [3.05, 3.63) is 0 Å². The lowest BCUT2D eigenvalue weighted by atomic mass is 10.3. The first-order valence-electron chi connectivity index (χ1n) is 4.56. The average Bonchev–Trinajstić information content (AvgIpc) is 2.09. The fourth-order valence-electron chi connectivity index (χ4n) is 1.34. The smallest absolute Gasteiger partial charge is 0.282 e. The van der Waals surface area contributed by atoms with Gasteiger partial charge in [-0.05, 0) is 27.7 Å². The number of rotatable bonds is 4. The molecule has 0 radical (unpaired) electrons. The standard InChI is InChI=1S/C8H20N.IO3/c1-5-9(6-2,7-3)8-4;2-1(3)4/h5-8H2,1-4H3;/q+1;-1. The van der Waals surface area contributed by atoms with Crippen LogP contribution in [0.2, 0.25) is 0 Å². The van der Waals surface area contributed by atoms with Gasteiger partial charge in [-0.25, -0.2) is 0 Å². The Morgan fingerprint density at radius 2 is 0.923 bits per heavy atom. The summed E-state index contributed by atoms with van der Waals surface area (Å²) in [5, 5.41) is 0. The summed E-state index contributed by atoms with van der Waals surface area (Å²) in [4.78, 5) is 0. The summed E-state index contributed by atoms with van der Waals surface area (Å²) in [6, 6.07) is 0. The Balaban J connectivity index is 0. The minimum absolute atomic E-state index is 1.28. The SMILES string of the molecule is CC[N+](CC)(CC)CC.[O-][I+2]([O-])[O-]. The second kappa shape index (κ2) is 9.14. The molecule has 0 aromatic heterocycles. The van der Waals surface area contributed by atoms with E-state index < -0.39 is 21.1 Å². The Hall–Kier alpha value is 0.570. The van der Waals surface area contributed by atoms with Gasteiger partial charge in [-0.15, -0.1) is 0 Å². The van der Waals surface area contributed by atoms with Gasteiger partial charge >= 0.3 is 0 Å². The first-order chi connectivity index (χ1) is 5.97. The fraction of sp³-hybridized carbons (Fsp3) is 1.00. The Kier molecular flexibility index (Phi) is 11.3. The van der Waals surface area contributed by atoms with Crippen molar-refractivity contribution in [3.8, 4) is 0 Å². The summed E-state index contributed by atoms with van der Waals surface area (Å²) < 4.78 is 27.0. The van der Waals surface area contributed by atoms with Crippen molar-refractivity contribution in [2.24, 2.45) is 0 Å². The van der Waals surface area contributed by atoms with Crippen LogP contribution in [0.4, 0.5) is 0 Å². The van der Waals surface area contributed by atoms with Crippen LogP contribution in [0.15, 0.2) is 0 Å². The Morgan fingerprint density at radius 3 is 0.923 bits per heavy atom. The molecule has 0 heterocycles. The van der Waals surface area contributed by atoms with Gasteiger partial charge in [0.25, 0.3) is 21.1 Å². The first kappa shape index (κ1) is 16.0. The number of hydrogen-bond acceptors (Lipinski definition) is 3. The Labute approximate surface area is 89.8 Å². The minimum atomic E-state index is -4.01. The Bertz CT molecular complexity index is 87.3. The van der Waals surface area contributed by atoms with Crippen LogP contribution >= 0.6 is 0 Å². The third-order valence-electron chi connectivity index (χ3n) is 2.68. The third kappa shape index (κ3) is 8.89. The fourth-order valence-corrected chi connectivity index (χ4v) is 1.34. The van der Waals surface area contributed by atoms with Crippen LogP contribution in [0.3, 0.4) is 0 Å². The molecule has 13 heavy (non-hydrogen) atoms. The topological polar surface area (TPSA) is 69.2 Å². The van der Waals surface area contributed by atoms with E-state index in [1.807, 2.05) is 0 Å². The largest absolute Gasteiger partial charge is 0.427 e. The highest BCUT2D eigenvalue weighted by Gasteiger charge is 2.16. The number of hydrogen-bond donors (Lipinski definition) is 0. The van der Waals surface area contributed by atoms with Gasteiger partial charge in [0.15, 0.2) is 0 Å². The maximum Gasteiger partial charge on any atom is 0.282 e. The van der Waals surface area contributed by atoms with E-state index in [9.17, 15) is 0 Å². The molecule has 0 bridgehead atoms. The van der Waals surface area contributed by atoms with Gasteiger partial charge in [-0.3, -0.25) is 0 Å². The van der Waals surface area contributed by atoms with Gasteiger partial charge in [0.05, 0.1) is 26.2 Å². The summed E-state index contributed by atoms with van der Waals surface area (Å²) in [6.45, 7) is 14.2. The van der Waals surface area contributed by atoms with Crippen molar-refractivity contribution in [1.82, 2.24) is 0 Å². The molecule has 0 spiro atoms. The minimum Gasteiger partial charge on any atom is -0.427 e. The molecule has 0 aromatic carbocycles. The maximum atomic E-state index is 8.57. The van der Waals surface area contributed by atoms with E-state index in [2.05, 4.69) is 27.7 Å². The molecule has 0 atom stereocenters. The van der Waals surface area contributed by atoms with Crippen molar-refractivity contribution < 1.29 is 35.9 Å². The van der Waals surface area contributed by atoms with Crippen LogP contribution in [0, 0.1) is 0 Å². The first-order valence-corrected chi connectivity index (χ1v) is 7.20. The van der Waals surface area contributed by atoms with Crippen molar-refractivity contribution in [2.75, 3.05) is 26.2 Å². The van der Waals surface area contributed by atoms with Crippen LogP contribution < -0.4 is 31.4 Å². The molecule has 0 unspecified atom stereocenters. The second-order valence-electron chi connectivity index (χ2n) is 2.80. The summed E-state index contributed by atoms with van der Waals surface area (Å²) in [5.41, 5.74) is 0. The quantitative estimate of drug-likeness (QED) is 0.387. The maximum absolute atomic E-state index is 8.57. The molecule has 0 saturated carbocycles. The van der Waals surface area contributed by atoms with E-state index in [1.54, 1.807) is 0 Å². The van der Waals surface area contributed by atoms with Gasteiger partial charge in [-0.1, -0.05) is 0 Å². The zero-order chi connectivity index (χ0) is 10.9. The van der Waals surface area contributed by atoms with Gasteiger partial charge < -0.3 is 14.8 Å². The summed E-state index contributed by atoms with van der Waals surface area (Å²) in [5.74, 6) is 0. The van der Waals surface area contributed by atoms with Crippen LogP contribution in [0.25, 0.3) is 0 Å². The van der Waals surface area contributed by atoms with E-state index in [1.165, 1.54) is 30.7 Å². The summed E-state index contributed by atoms with van der Waals surface area (Å²) in [6.07, 6.45) is 0. The van der Waals surface area contributed by atoms with Gasteiger partial charge in [0.1, 0.15) is 0 Å². The molecule has 0 fully saturated rings. The zero-order valence-corrected chi connectivity index (χ0v) is 11.0. The summed E-state index contributed by atoms with van der Waals surface area (Å²) in [7, 11) is 0. The average molecular weight is 305 g/mol. The van der Waals surface area contributed by atoms with E-state index in [0.29, 0.717) is 0 Å². The molecule has 4 nitrogen and oxygen atoms in total. The highest BCUT2D eigenvalue weighted by molar-refractivity contribution is 4.31. The van der Waals surface area contributed by atoms with Gasteiger partial charge in [-0.2, -0.15) is 0 Å². The highest BCUT2D eigenvalue weighted by Crippen LogP contribution is 2.03. The number of nitrogens with zero attached hydrogens (tertiary/aromatic N) is 1.